The molecule has 110 valence electrons. The second kappa shape index (κ2) is 7.23. The third-order valence-electron chi connectivity index (χ3n) is 2.66. The van der Waals surface area contributed by atoms with E-state index in [2.05, 4.69) is 10.3 Å². The van der Waals surface area contributed by atoms with Crippen molar-refractivity contribution in [2.24, 2.45) is 0 Å². The van der Waals surface area contributed by atoms with Crippen molar-refractivity contribution in [3.8, 4) is 5.88 Å². The van der Waals surface area contributed by atoms with Gasteiger partial charge in [0.05, 0.1) is 12.1 Å². The number of pyridine rings is 1. The van der Waals surface area contributed by atoms with Gasteiger partial charge >= 0.3 is 5.97 Å². The number of hydrogen-bond donors (Lipinski definition) is 1. The van der Waals surface area contributed by atoms with Crippen LogP contribution in [-0.4, -0.2) is 36.6 Å². The summed E-state index contributed by atoms with van der Waals surface area (Å²) in [7, 11) is 0. The molecule has 0 atom stereocenters. The van der Waals surface area contributed by atoms with E-state index in [9.17, 15) is 9.59 Å². The Morgan fingerprint density at radius 3 is 2.81 bits per heavy atom. The molecule has 2 aromatic rings. The fourth-order valence-corrected chi connectivity index (χ4v) is 1.70. The minimum absolute atomic E-state index is 0.165. The molecule has 0 radical (unpaired) electrons. The van der Waals surface area contributed by atoms with E-state index in [0.717, 1.165) is 10.9 Å². The Kier molecular flexibility index (Phi) is 5.09. The Balaban J connectivity index is 1.83. The molecule has 0 saturated heterocycles. The lowest BCUT2D eigenvalue weighted by Crippen LogP contribution is -2.34. The molecule has 21 heavy (non-hydrogen) atoms. The first-order valence-corrected chi connectivity index (χ1v) is 6.60. The number of esters is 1. The van der Waals surface area contributed by atoms with Gasteiger partial charge < -0.3 is 14.8 Å². The van der Waals surface area contributed by atoms with Crippen molar-refractivity contribution in [3.05, 3.63) is 36.4 Å². The maximum absolute atomic E-state index is 11.5. The molecule has 0 aliphatic heterocycles. The molecule has 0 fully saturated rings. The molecule has 6 heteroatoms. The van der Waals surface area contributed by atoms with Crippen LogP contribution in [0, 0.1) is 0 Å². The maximum Gasteiger partial charge on any atom is 0.325 e. The molecule has 0 aliphatic rings. The molecule has 1 amide bonds. The minimum atomic E-state index is -0.477. The summed E-state index contributed by atoms with van der Waals surface area (Å²) >= 11 is 0. The van der Waals surface area contributed by atoms with Gasteiger partial charge in [-0.2, -0.15) is 0 Å². The first kappa shape index (κ1) is 14.8. The first-order chi connectivity index (χ1) is 10.2. The van der Waals surface area contributed by atoms with E-state index in [4.69, 9.17) is 9.47 Å². The van der Waals surface area contributed by atoms with E-state index < -0.39 is 11.9 Å². The molecule has 0 spiro atoms. The summed E-state index contributed by atoms with van der Waals surface area (Å²) in [4.78, 5) is 26.9. The zero-order chi connectivity index (χ0) is 15.1. The van der Waals surface area contributed by atoms with Crippen LogP contribution in [0.3, 0.4) is 0 Å². The molecule has 6 nitrogen and oxygen atoms in total. The van der Waals surface area contributed by atoms with E-state index in [1.807, 2.05) is 30.3 Å². The van der Waals surface area contributed by atoms with Crippen molar-refractivity contribution in [3.63, 3.8) is 0 Å². The van der Waals surface area contributed by atoms with Crippen molar-refractivity contribution >= 4 is 22.8 Å². The van der Waals surface area contributed by atoms with Crippen LogP contribution in [0.2, 0.25) is 0 Å². The van der Waals surface area contributed by atoms with Crippen LogP contribution in [0.15, 0.2) is 36.4 Å². The summed E-state index contributed by atoms with van der Waals surface area (Å²) in [6, 6.07) is 11.2. The highest BCUT2D eigenvalue weighted by Crippen LogP contribution is 2.15. The van der Waals surface area contributed by atoms with Crippen LogP contribution in [0.5, 0.6) is 5.88 Å². The summed E-state index contributed by atoms with van der Waals surface area (Å²) in [5.74, 6) is -0.521. The molecule has 2 rings (SSSR count). The molecule has 1 N–H and O–H groups in total. The first-order valence-electron chi connectivity index (χ1n) is 6.60. The summed E-state index contributed by atoms with van der Waals surface area (Å²) in [6.45, 7) is 1.62. The van der Waals surface area contributed by atoms with Crippen molar-refractivity contribution in [1.29, 1.82) is 0 Å². The number of nitrogens with zero attached hydrogens (tertiary/aromatic N) is 1. The molecular formula is C15H16N2O4. The Morgan fingerprint density at radius 2 is 2.00 bits per heavy atom. The van der Waals surface area contributed by atoms with Gasteiger partial charge in [-0.15, -0.1) is 0 Å². The van der Waals surface area contributed by atoms with Crippen LogP contribution in [0.25, 0.3) is 10.9 Å². The van der Waals surface area contributed by atoms with Crippen LogP contribution < -0.4 is 10.1 Å². The predicted molar refractivity (Wildman–Crippen MR) is 76.9 cm³/mol. The van der Waals surface area contributed by atoms with Crippen molar-refractivity contribution in [2.75, 3.05) is 19.8 Å². The fraction of sp³-hybridized carbons (Fsp3) is 0.267. The number of ether oxygens (including phenoxy) is 2. The largest absolute Gasteiger partial charge is 0.468 e. The van der Waals surface area contributed by atoms with Crippen LogP contribution in [-0.2, 0) is 14.3 Å². The molecule has 0 bridgehead atoms. The highest BCUT2D eigenvalue weighted by molar-refractivity contribution is 5.83. The van der Waals surface area contributed by atoms with Gasteiger partial charge in [0.1, 0.15) is 6.54 Å². The highest BCUT2D eigenvalue weighted by atomic mass is 16.5. The number of carbonyl (C=O) groups is 2. The third kappa shape index (κ3) is 4.45. The fourth-order valence-electron chi connectivity index (χ4n) is 1.70. The number of hydrogen-bond acceptors (Lipinski definition) is 5. The number of fused-ring (bicyclic) bond motifs is 1. The molecule has 1 aromatic carbocycles. The quantitative estimate of drug-likeness (QED) is 0.810. The number of carbonyl (C=O) groups excluding carboxylic acids is 2. The molecular weight excluding hydrogens is 272 g/mol. The number of nitrogens with one attached hydrogen (secondary N) is 1. The molecule has 1 aromatic heterocycles. The van der Waals surface area contributed by atoms with Gasteiger partial charge in [-0.1, -0.05) is 18.2 Å². The van der Waals surface area contributed by atoms with Gasteiger partial charge in [0.2, 0.25) is 5.88 Å². The van der Waals surface area contributed by atoms with E-state index in [-0.39, 0.29) is 19.8 Å². The molecule has 0 saturated carbocycles. The number of amides is 1. The van der Waals surface area contributed by atoms with E-state index in [1.165, 1.54) is 0 Å². The summed E-state index contributed by atoms with van der Waals surface area (Å²) < 4.78 is 9.99. The zero-order valence-corrected chi connectivity index (χ0v) is 11.7. The maximum atomic E-state index is 11.5. The van der Waals surface area contributed by atoms with Crippen LogP contribution in [0.1, 0.15) is 6.92 Å². The van der Waals surface area contributed by atoms with E-state index >= 15 is 0 Å². The van der Waals surface area contributed by atoms with Crippen molar-refractivity contribution < 1.29 is 19.1 Å². The third-order valence-corrected chi connectivity index (χ3v) is 2.66. The Hall–Kier alpha value is -2.63. The lowest BCUT2D eigenvalue weighted by Gasteiger charge is -2.07. The summed E-state index contributed by atoms with van der Waals surface area (Å²) in [6.07, 6.45) is 0. The Labute approximate surface area is 122 Å². The highest BCUT2D eigenvalue weighted by Gasteiger charge is 2.07. The van der Waals surface area contributed by atoms with Crippen LogP contribution >= 0.6 is 0 Å². The average molecular weight is 288 g/mol. The lowest BCUT2D eigenvalue weighted by atomic mass is 10.2. The zero-order valence-electron chi connectivity index (χ0n) is 11.7. The Morgan fingerprint density at radius 1 is 1.19 bits per heavy atom. The second-order valence-corrected chi connectivity index (χ2v) is 4.21. The second-order valence-electron chi connectivity index (χ2n) is 4.21. The Bertz CT molecular complexity index is 642. The smallest absolute Gasteiger partial charge is 0.325 e. The molecule has 1 heterocycles. The van der Waals surface area contributed by atoms with Gasteiger partial charge in [-0.25, -0.2) is 4.98 Å². The molecule has 0 unspecified atom stereocenters. The van der Waals surface area contributed by atoms with Gasteiger partial charge in [-0.05, 0) is 19.1 Å². The topological polar surface area (TPSA) is 77.5 Å². The van der Waals surface area contributed by atoms with Gasteiger partial charge in [0.25, 0.3) is 5.91 Å². The van der Waals surface area contributed by atoms with Crippen LogP contribution in [0.4, 0.5) is 0 Å². The average Bonchev–Trinajstić information content (AvgIpc) is 2.51. The number of rotatable bonds is 6. The van der Waals surface area contributed by atoms with Crippen molar-refractivity contribution in [1.82, 2.24) is 10.3 Å². The van der Waals surface area contributed by atoms with Gasteiger partial charge in [-0.3, -0.25) is 9.59 Å². The normalized spacial score (nSPS) is 10.1. The summed E-state index contributed by atoms with van der Waals surface area (Å²) in [5, 5.41) is 3.41. The molecule has 0 aliphatic carbocycles. The number of aromatic nitrogens is 1. The summed E-state index contributed by atoms with van der Waals surface area (Å²) in [5.41, 5.74) is 0.793. The van der Waals surface area contributed by atoms with Crippen molar-refractivity contribution in [2.45, 2.75) is 6.92 Å². The van der Waals surface area contributed by atoms with Gasteiger partial charge in [0.15, 0.2) is 6.61 Å². The monoisotopic (exact) mass is 288 g/mol. The minimum Gasteiger partial charge on any atom is -0.468 e. The number of para-hydroxylation sites is 1. The number of benzene rings is 1. The standard InChI is InChI=1S/C15H16N2O4/c1-2-20-15(19)9-16-13(18)10-21-14-8-7-11-5-3-4-6-12(11)17-14/h3-8H,2,9-10H2,1H3,(H,16,18). The lowest BCUT2D eigenvalue weighted by molar-refractivity contribution is -0.143. The van der Waals surface area contributed by atoms with E-state index in [0.29, 0.717) is 5.88 Å². The predicted octanol–water partition coefficient (Wildman–Crippen LogP) is 1.29. The SMILES string of the molecule is CCOC(=O)CNC(=O)COc1ccc2ccccc2n1. The van der Waals surface area contributed by atoms with Gasteiger partial charge in [0, 0.05) is 11.5 Å². The van der Waals surface area contributed by atoms with E-state index in [1.54, 1.807) is 13.0 Å².